The summed E-state index contributed by atoms with van der Waals surface area (Å²) in [5.74, 6) is -0.394. The fourth-order valence-electron chi connectivity index (χ4n) is 1.62. The number of benzene rings is 1. The predicted molar refractivity (Wildman–Crippen MR) is 84.7 cm³/mol. The molecule has 1 heterocycles. The molecule has 0 aliphatic heterocycles. The van der Waals surface area contributed by atoms with Crippen molar-refractivity contribution in [3.05, 3.63) is 35.6 Å². The number of rotatable bonds is 6. The van der Waals surface area contributed by atoms with Crippen LogP contribution >= 0.6 is 23.1 Å². The van der Waals surface area contributed by atoms with Gasteiger partial charge in [-0.25, -0.2) is 4.39 Å². The zero-order chi connectivity index (χ0) is 15.4. The molecule has 7 heteroatoms. The summed E-state index contributed by atoms with van der Waals surface area (Å²) in [7, 11) is 0. The Balaban J connectivity index is 2.00. The van der Waals surface area contributed by atoms with E-state index in [2.05, 4.69) is 15.5 Å². The average Bonchev–Trinajstić information content (AvgIpc) is 2.85. The van der Waals surface area contributed by atoms with Crippen LogP contribution in [0.2, 0.25) is 0 Å². The Morgan fingerprint density at radius 3 is 2.52 bits per heavy atom. The minimum absolute atomic E-state index is 0.0476. The van der Waals surface area contributed by atoms with Gasteiger partial charge < -0.3 is 5.32 Å². The summed E-state index contributed by atoms with van der Waals surface area (Å²) < 4.78 is 13.6. The molecule has 0 aliphatic carbocycles. The third kappa shape index (κ3) is 4.50. The predicted octanol–water partition coefficient (Wildman–Crippen LogP) is 3.86. The Kier molecular flexibility index (Phi) is 5.30. The Morgan fingerprint density at radius 1 is 1.24 bits per heavy atom. The second-order valence-corrected chi connectivity index (χ2v) is 7.37. The molecule has 0 saturated carbocycles. The molecule has 1 unspecified atom stereocenters. The van der Waals surface area contributed by atoms with Gasteiger partial charge in [0.25, 0.3) is 0 Å². The number of anilines is 1. The first kappa shape index (κ1) is 15.9. The van der Waals surface area contributed by atoms with E-state index >= 15 is 0 Å². The third-order valence-electron chi connectivity index (χ3n) is 2.59. The monoisotopic (exact) mass is 325 g/mol. The summed E-state index contributed by atoms with van der Waals surface area (Å²) in [5, 5.41) is 11.7. The summed E-state index contributed by atoms with van der Waals surface area (Å²) in [6, 6.07) is 5.87. The summed E-state index contributed by atoms with van der Waals surface area (Å²) in [6.45, 7) is 5.86. The van der Waals surface area contributed by atoms with Crippen LogP contribution < -0.4 is 5.32 Å². The lowest BCUT2D eigenvalue weighted by molar-refractivity contribution is 0.0994. The van der Waals surface area contributed by atoms with Crippen LogP contribution in [-0.4, -0.2) is 27.3 Å². The molecule has 0 saturated heterocycles. The fraction of sp³-hybridized carbons (Fsp3) is 0.357. The Labute approximate surface area is 131 Å². The SMILES string of the molecule is CC(C)Nc1nnc(SC(C)C(=O)c2ccc(F)cc2)s1. The van der Waals surface area contributed by atoms with Crippen molar-refractivity contribution < 1.29 is 9.18 Å². The molecule has 21 heavy (non-hydrogen) atoms. The highest BCUT2D eigenvalue weighted by atomic mass is 32.2. The molecule has 2 aromatic rings. The number of ketones is 1. The van der Waals surface area contributed by atoms with Gasteiger partial charge in [-0.3, -0.25) is 4.79 Å². The van der Waals surface area contributed by atoms with E-state index in [1.807, 2.05) is 20.8 Å². The first-order valence-electron chi connectivity index (χ1n) is 6.52. The average molecular weight is 325 g/mol. The van der Waals surface area contributed by atoms with Gasteiger partial charge in [-0.1, -0.05) is 23.1 Å². The van der Waals surface area contributed by atoms with Crippen LogP contribution in [0.1, 0.15) is 31.1 Å². The largest absolute Gasteiger partial charge is 0.358 e. The number of halogens is 1. The van der Waals surface area contributed by atoms with Crippen LogP contribution in [-0.2, 0) is 0 Å². The van der Waals surface area contributed by atoms with Crippen molar-refractivity contribution in [1.29, 1.82) is 0 Å². The number of hydrogen-bond donors (Lipinski definition) is 1. The molecular weight excluding hydrogens is 309 g/mol. The van der Waals surface area contributed by atoms with Gasteiger partial charge in [-0.05, 0) is 45.0 Å². The van der Waals surface area contributed by atoms with Crippen molar-refractivity contribution in [2.45, 2.75) is 36.4 Å². The topological polar surface area (TPSA) is 54.9 Å². The molecule has 0 fully saturated rings. The second kappa shape index (κ2) is 7.00. The molecule has 0 bridgehead atoms. The molecule has 1 N–H and O–H groups in total. The molecular formula is C14H16FN3OS2. The highest BCUT2D eigenvalue weighted by molar-refractivity contribution is 8.02. The van der Waals surface area contributed by atoms with Gasteiger partial charge in [0.2, 0.25) is 5.13 Å². The summed E-state index contributed by atoms with van der Waals surface area (Å²) >= 11 is 2.78. The first-order chi connectivity index (χ1) is 9.95. The second-order valence-electron chi connectivity index (χ2n) is 4.80. The summed E-state index contributed by atoms with van der Waals surface area (Å²) in [4.78, 5) is 12.2. The summed E-state index contributed by atoms with van der Waals surface area (Å²) in [5.41, 5.74) is 0.501. The van der Waals surface area contributed by atoms with Gasteiger partial charge in [0, 0.05) is 11.6 Å². The fourth-order valence-corrected chi connectivity index (χ4v) is 3.74. The number of carbonyl (C=O) groups excluding carboxylic acids is 1. The van der Waals surface area contributed by atoms with Gasteiger partial charge in [-0.15, -0.1) is 10.2 Å². The molecule has 1 atom stereocenters. The molecule has 2 rings (SSSR count). The van der Waals surface area contributed by atoms with E-state index in [-0.39, 0.29) is 22.9 Å². The van der Waals surface area contributed by atoms with Crippen molar-refractivity contribution in [3.63, 3.8) is 0 Å². The van der Waals surface area contributed by atoms with Crippen molar-refractivity contribution in [2.24, 2.45) is 0 Å². The zero-order valence-electron chi connectivity index (χ0n) is 12.0. The van der Waals surface area contributed by atoms with Crippen LogP contribution in [0.25, 0.3) is 0 Å². The summed E-state index contributed by atoms with van der Waals surface area (Å²) in [6.07, 6.45) is 0. The smallest absolute Gasteiger partial charge is 0.206 e. The highest BCUT2D eigenvalue weighted by Gasteiger charge is 2.19. The normalized spacial score (nSPS) is 12.4. The number of thioether (sulfide) groups is 1. The van der Waals surface area contributed by atoms with E-state index < -0.39 is 0 Å². The Hall–Kier alpha value is -1.47. The highest BCUT2D eigenvalue weighted by Crippen LogP contribution is 2.30. The maximum absolute atomic E-state index is 12.9. The standard InChI is InChI=1S/C14H16FN3OS2/c1-8(2)16-13-17-18-14(21-13)20-9(3)12(19)10-4-6-11(15)7-5-10/h4-9H,1-3H3,(H,16,17). The van der Waals surface area contributed by atoms with E-state index in [1.165, 1.54) is 47.4 Å². The molecule has 4 nitrogen and oxygen atoms in total. The van der Waals surface area contributed by atoms with Crippen LogP contribution in [0, 0.1) is 5.82 Å². The van der Waals surface area contributed by atoms with Crippen LogP contribution in [0.15, 0.2) is 28.6 Å². The minimum atomic E-state index is -0.347. The van der Waals surface area contributed by atoms with Crippen LogP contribution in [0.5, 0.6) is 0 Å². The molecule has 112 valence electrons. The van der Waals surface area contributed by atoms with E-state index in [1.54, 1.807) is 0 Å². The van der Waals surface area contributed by atoms with Gasteiger partial charge >= 0.3 is 0 Å². The number of carbonyl (C=O) groups is 1. The number of nitrogens with one attached hydrogen (secondary N) is 1. The minimum Gasteiger partial charge on any atom is -0.358 e. The van der Waals surface area contributed by atoms with Crippen LogP contribution in [0.3, 0.4) is 0 Å². The van der Waals surface area contributed by atoms with Gasteiger partial charge in [0.15, 0.2) is 10.1 Å². The maximum atomic E-state index is 12.9. The molecule has 0 amide bonds. The number of hydrogen-bond acceptors (Lipinski definition) is 6. The van der Waals surface area contributed by atoms with Gasteiger partial charge in [-0.2, -0.15) is 0 Å². The number of aromatic nitrogens is 2. The first-order valence-corrected chi connectivity index (χ1v) is 8.22. The zero-order valence-corrected chi connectivity index (χ0v) is 13.6. The van der Waals surface area contributed by atoms with Crippen molar-refractivity contribution >= 4 is 34.0 Å². The molecule has 0 radical (unpaired) electrons. The third-order valence-corrected chi connectivity index (χ3v) is 4.63. The van der Waals surface area contributed by atoms with E-state index in [4.69, 9.17) is 0 Å². The molecule has 1 aromatic heterocycles. The van der Waals surface area contributed by atoms with Gasteiger partial charge in [0.1, 0.15) is 5.82 Å². The molecule has 0 aliphatic rings. The van der Waals surface area contributed by atoms with Crippen molar-refractivity contribution in [3.8, 4) is 0 Å². The number of nitrogens with zero attached hydrogens (tertiary/aromatic N) is 2. The quantitative estimate of drug-likeness (QED) is 0.645. The Morgan fingerprint density at radius 2 is 1.90 bits per heavy atom. The van der Waals surface area contributed by atoms with Crippen LogP contribution in [0.4, 0.5) is 9.52 Å². The lowest BCUT2D eigenvalue weighted by Crippen LogP contribution is -2.13. The van der Waals surface area contributed by atoms with E-state index in [9.17, 15) is 9.18 Å². The van der Waals surface area contributed by atoms with Crippen molar-refractivity contribution in [1.82, 2.24) is 10.2 Å². The lowest BCUT2D eigenvalue weighted by Gasteiger charge is -2.07. The van der Waals surface area contributed by atoms with Crippen molar-refractivity contribution in [2.75, 3.05) is 5.32 Å². The molecule has 0 spiro atoms. The van der Waals surface area contributed by atoms with Gasteiger partial charge in [0.05, 0.1) is 5.25 Å². The maximum Gasteiger partial charge on any atom is 0.206 e. The molecule has 1 aromatic carbocycles. The van der Waals surface area contributed by atoms with E-state index in [0.29, 0.717) is 5.56 Å². The Bertz CT molecular complexity index is 613. The van der Waals surface area contributed by atoms with E-state index in [0.717, 1.165) is 9.47 Å². The number of Topliss-reactive ketones (excluding diaryl/α,β-unsaturated/α-hetero) is 1. The lowest BCUT2D eigenvalue weighted by atomic mass is 10.1.